The van der Waals surface area contributed by atoms with Gasteiger partial charge in [0.05, 0.1) is 11.7 Å². The molecule has 1 saturated heterocycles. The van der Waals surface area contributed by atoms with Crippen LogP contribution in [-0.2, 0) is 6.54 Å². The zero-order valence-electron chi connectivity index (χ0n) is 23.5. The monoisotopic (exact) mass is 534 g/mol. The van der Waals surface area contributed by atoms with E-state index in [1.54, 1.807) is 6.07 Å². The van der Waals surface area contributed by atoms with E-state index < -0.39 is 11.6 Å². The number of piperazine rings is 1. The molecule has 1 aliphatic rings. The maximum atomic E-state index is 15.0. The van der Waals surface area contributed by atoms with Crippen molar-refractivity contribution in [1.29, 1.82) is 0 Å². The Bertz CT molecular complexity index is 1490. The first-order valence-corrected chi connectivity index (χ1v) is 13.5. The van der Waals surface area contributed by atoms with Crippen LogP contribution in [0.1, 0.15) is 50.8 Å². The standard InChI is InChI=1S/C29H36F2N8/c1-17(2)38-11-9-37(10-12-38)16-21-7-8-26(33-19(21)5)35-29-32-15-24(31)27(36-29)22-13-23(30)28-25(14-22)39(18(3)4)20(6)34-28/h7-8,13-15,17-18H,9-12,16H2,1-6H3,(H,32,33,35,36). The molecule has 1 fully saturated rings. The maximum absolute atomic E-state index is 15.0. The van der Waals surface area contributed by atoms with E-state index >= 15 is 0 Å². The highest BCUT2D eigenvalue weighted by atomic mass is 19.1. The molecule has 0 aliphatic carbocycles. The molecule has 4 aromatic rings. The van der Waals surface area contributed by atoms with Gasteiger partial charge in [0.1, 0.15) is 22.9 Å². The molecule has 0 bridgehead atoms. The van der Waals surface area contributed by atoms with Crippen molar-refractivity contribution in [3.63, 3.8) is 0 Å². The topological polar surface area (TPSA) is 75.0 Å². The number of aryl methyl sites for hydroxylation is 2. The minimum atomic E-state index is -0.635. The van der Waals surface area contributed by atoms with Crippen LogP contribution in [0.25, 0.3) is 22.3 Å². The molecule has 39 heavy (non-hydrogen) atoms. The van der Waals surface area contributed by atoms with E-state index in [-0.39, 0.29) is 23.2 Å². The summed E-state index contributed by atoms with van der Waals surface area (Å²) < 4.78 is 31.8. The first kappa shape index (κ1) is 27.1. The summed E-state index contributed by atoms with van der Waals surface area (Å²) in [6, 6.07) is 7.58. The Morgan fingerprint density at radius 2 is 1.64 bits per heavy atom. The molecule has 4 heterocycles. The summed E-state index contributed by atoms with van der Waals surface area (Å²) >= 11 is 0. The number of imidazole rings is 1. The van der Waals surface area contributed by atoms with Crippen LogP contribution < -0.4 is 5.32 Å². The van der Waals surface area contributed by atoms with Crippen molar-refractivity contribution < 1.29 is 8.78 Å². The molecule has 0 radical (unpaired) electrons. The Morgan fingerprint density at radius 1 is 0.897 bits per heavy atom. The number of benzene rings is 1. The number of nitrogens with one attached hydrogen (secondary N) is 1. The summed E-state index contributed by atoms with van der Waals surface area (Å²) in [4.78, 5) is 22.5. The quantitative estimate of drug-likeness (QED) is 0.329. The largest absolute Gasteiger partial charge is 0.326 e. The van der Waals surface area contributed by atoms with Crippen LogP contribution in [0, 0.1) is 25.5 Å². The van der Waals surface area contributed by atoms with Crippen LogP contribution in [0.2, 0.25) is 0 Å². The van der Waals surface area contributed by atoms with E-state index in [0.29, 0.717) is 28.8 Å². The number of pyridine rings is 1. The predicted octanol–water partition coefficient (Wildman–Crippen LogP) is 5.63. The van der Waals surface area contributed by atoms with Crippen LogP contribution in [0.4, 0.5) is 20.5 Å². The number of hydrogen-bond donors (Lipinski definition) is 1. The van der Waals surface area contributed by atoms with Gasteiger partial charge < -0.3 is 9.88 Å². The van der Waals surface area contributed by atoms with Gasteiger partial charge >= 0.3 is 0 Å². The summed E-state index contributed by atoms with van der Waals surface area (Å²) in [6.45, 7) is 17.4. The molecule has 1 aliphatic heterocycles. The second kappa shape index (κ2) is 10.9. The average molecular weight is 535 g/mol. The van der Waals surface area contributed by atoms with Crippen molar-refractivity contribution in [2.24, 2.45) is 0 Å². The molecule has 0 spiro atoms. The first-order valence-electron chi connectivity index (χ1n) is 13.5. The number of rotatable bonds is 7. The van der Waals surface area contributed by atoms with E-state index in [2.05, 4.69) is 50.0 Å². The number of fused-ring (bicyclic) bond motifs is 1. The Kier molecular flexibility index (Phi) is 7.59. The van der Waals surface area contributed by atoms with Crippen molar-refractivity contribution in [2.75, 3.05) is 31.5 Å². The van der Waals surface area contributed by atoms with Gasteiger partial charge in [-0.05, 0) is 65.3 Å². The predicted molar refractivity (Wildman–Crippen MR) is 150 cm³/mol. The highest BCUT2D eigenvalue weighted by molar-refractivity contribution is 5.83. The minimum absolute atomic E-state index is 0.0105. The summed E-state index contributed by atoms with van der Waals surface area (Å²) in [5.41, 5.74) is 3.28. The van der Waals surface area contributed by atoms with Crippen molar-refractivity contribution in [3.05, 3.63) is 59.2 Å². The van der Waals surface area contributed by atoms with E-state index in [0.717, 1.165) is 44.6 Å². The maximum Gasteiger partial charge on any atom is 0.229 e. The second-order valence-electron chi connectivity index (χ2n) is 10.8. The van der Waals surface area contributed by atoms with Gasteiger partial charge in [0.15, 0.2) is 11.6 Å². The normalized spacial score (nSPS) is 15.1. The second-order valence-corrected chi connectivity index (χ2v) is 10.8. The van der Waals surface area contributed by atoms with Gasteiger partial charge in [-0.15, -0.1) is 0 Å². The summed E-state index contributed by atoms with van der Waals surface area (Å²) in [6.07, 6.45) is 1.09. The van der Waals surface area contributed by atoms with Crippen LogP contribution in [0.15, 0.2) is 30.5 Å². The van der Waals surface area contributed by atoms with Gasteiger partial charge in [0.2, 0.25) is 5.95 Å². The Morgan fingerprint density at radius 3 is 2.31 bits per heavy atom. The number of hydrogen-bond acceptors (Lipinski definition) is 7. The summed E-state index contributed by atoms with van der Waals surface area (Å²) in [5.74, 6) is 0.294. The van der Waals surface area contributed by atoms with Crippen LogP contribution >= 0.6 is 0 Å². The smallest absolute Gasteiger partial charge is 0.229 e. The van der Waals surface area contributed by atoms with E-state index in [1.165, 1.54) is 11.6 Å². The Balaban J connectivity index is 1.36. The lowest BCUT2D eigenvalue weighted by molar-refractivity contribution is 0.104. The molecule has 206 valence electrons. The number of aromatic nitrogens is 5. The SMILES string of the molecule is Cc1nc(Nc2ncc(F)c(-c3cc(F)c4nc(C)n(C(C)C)c4c3)n2)ccc1CN1CCN(C(C)C)CC1. The lowest BCUT2D eigenvalue weighted by Gasteiger charge is -2.37. The van der Waals surface area contributed by atoms with E-state index in [4.69, 9.17) is 4.98 Å². The molecule has 0 unspecified atom stereocenters. The fourth-order valence-corrected chi connectivity index (χ4v) is 5.31. The number of anilines is 2. The molecule has 1 N–H and O–H groups in total. The molecule has 0 atom stereocenters. The molecule has 3 aromatic heterocycles. The van der Waals surface area contributed by atoms with Gasteiger partial charge in [-0.1, -0.05) is 6.07 Å². The van der Waals surface area contributed by atoms with Gasteiger partial charge in [0, 0.05) is 56.1 Å². The van der Waals surface area contributed by atoms with Crippen molar-refractivity contribution >= 4 is 22.8 Å². The molecule has 10 heteroatoms. The number of nitrogens with zero attached hydrogens (tertiary/aromatic N) is 7. The van der Waals surface area contributed by atoms with Crippen LogP contribution in [0.3, 0.4) is 0 Å². The lowest BCUT2D eigenvalue weighted by Crippen LogP contribution is -2.48. The highest BCUT2D eigenvalue weighted by Gasteiger charge is 2.20. The molecular weight excluding hydrogens is 498 g/mol. The van der Waals surface area contributed by atoms with Crippen molar-refractivity contribution in [3.8, 4) is 11.3 Å². The molecule has 5 rings (SSSR count). The first-order chi connectivity index (χ1) is 18.6. The van der Waals surface area contributed by atoms with Gasteiger partial charge in [-0.3, -0.25) is 9.80 Å². The van der Waals surface area contributed by atoms with E-state index in [1.807, 2.05) is 38.3 Å². The third-order valence-electron chi connectivity index (χ3n) is 7.43. The van der Waals surface area contributed by atoms with E-state index in [9.17, 15) is 8.78 Å². The zero-order chi connectivity index (χ0) is 27.8. The third-order valence-corrected chi connectivity index (χ3v) is 7.43. The molecule has 0 amide bonds. The lowest BCUT2D eigenvalue weighted by atomic mass is 10.1. The fraction of sp³-hybridized carbons (Fsp3) is 0.448. The van der Waals surface area contributed by atoms with Crippen molar-refractivity contribution in [2.45, 2.75) is 60.2 Å². The molecule has 8 nitrogen and oxygen atoms in total. The third kappa shape index (κ3) is 5.62. The van der Waals surface area contributed by atoms with Crippen molar-refractivity contribution in [1.82, 2.24) is 34.3 Å². The Labute approximate surface area is 228 Å². The molecule has 0 saturated carbocycles. The molecule has 1 aromatic carbocycles. The fourth-order valence-electron chi connectivity index (χ4n) is 5.31. The van der Waals surface area contributed by atoms with Crippen LogP contribution in [0.5, 0.6) is 0 Å². The summed E-state index contributed by atoms with van der Waals surface area (Å²) in [7, 11) is 0. The molecular formula is C29H36F2N8. The zero-order valence-corrected chi connectivity index (χ0v) is 23.5. The van der Waals surface area contributed by atoms with Gasteiger partial charge in [0.25, 0.3) is 0 Å². The Hall–Kier alpha value is -3.50. The van der Waals surface area contributed by atoms with Gasteiger partial charge in [-0.25, -0.2) is 28.7 Å². The van der Waals surface area contributed by atoms with Crippen LogP contribution in [-0.4, -0.2) is 66.5 Å². The minimum Gasteiger partial charge on any atom is -0.326 e. The number of halogens is 2. The van der Waals surface area contributed by atoms with Gasteiger partial charge in [-0.2, -0.15) is 0 Å². The summed E-state index contributed by atoms with van der Waals surface area (Å²) in [5, 5.41) is 3.09. The average Bonchev–Trinajstić information content (AvgIpc) is 3.23. The highest BCUT2D eigenvalue weighted by Crippen LogP contribution is 2.30.